The van der Waals surface area contributed by atoms with Gasteiger partial charge < -0.3 is 19.7 Å². The lowest BCUT2D eigenvalue weighted by molar-refractivity contribution is -0.137. The molecule has 0 aliphatic carbocycles. The Bertz CT molecular complexity index is 438. The Morgan fingerprint density at radius 1 is 1.30 bits per heavy atom. The Morgan fingerprint density at radius 3 is 2.10 bits per heavy atom. The highest BCUT2D eigenvalue weighted by Gasteiger charge is 2.32. The van der Waals surface area contributed by atoms with Gasteiger partial charge in [0, 0.05) is 19.6 Å². The largest absolute Gasteiger partial charge is 0.497 e. The van der Waals surface area contributed by atoms with Crippen LogP contribution in [0.4, 0.5) is 13.2 Å². The first-order valence-corrected chi connectivity index (χ1v) is 5.36. The number of nitrogens with zero attached hydrogens (tertiary/aromatic N) is 1. The average Bonchev–Trinajstić information content (AvgIpc) is 2.37. The molecule has 0 fully saturated rings. The zero-order chi connectivity index (χ0) is 15.9. The maximum Gasteiger partial charge on any atom is 0.492 e. The molecule has 1 rings (SSSR count). The van der Waals surface area contributed by atoms with E-state index < -0.39 is 18.9 Å². The van der Waals surface area contributed by atoms with E-state index >= 15 is 0 Å². The minimum Gasteiger partial charge on any atom is -0.497 e. The van der Waals surface area contributed by atoms with Crippen molar-refractivity contribution >= 4 is 19.0 Å². The van der Waals surface area contributed by atoms with Crippen LogP contribution in [0, 0.1) is 0 Å². The highest BCUT2D eigenvalue weighted by atomic mass is 19.4. The van der Waals surface area contributed by atoms with Gasteiger partial charge in [0.1, 0.15) is 5.75 Å². The van der Waals surface area contributed by atoms with Crippen LogP contribution in [-0.4, -0.2) is 49.7 Å². The summed E-state index contributed by atoms with van der Waals surface area (Å²) in [5.41, 5.74) is -1.01. The van der Waals surface area contributed by atoms with Crippen molar-refractivity contribution in [3.63, 3.8) is 0 Å². The van der Waals surface area contributed by atoms with Crippen molar-refractivity contribution in [3.05, 3.63) is 23.8 Å². The van der Waals surface area contributed by atoms with Gasteiger partial charge in [-0.2, -0.15) is 13.2 Å². The Hall–Kier alpha value is -1.74. The topological polar surface area (TPSA) is 70.0 Å². The van der Waals surface area contributed by atoms with E-state index in [4.69, 9.17) is 10.0 Å². The van der Waals surface area contributed by atoms with E-state index in [0.717, 1.165) is 31.7 Å². The molecule has 0 spiro atoms. The number of rotatable bonds is 3. The molecule has 112 valence electrons. The van der Waals surface area contributed by atoms with Gasteiger partial charge in [-0.15, -0.1) is 0 Å². The molecule has 0 saturated carbocycles. The molecule has 0 heterocycles. The van der Waals surface area contributed by atoms with E-state index in [0.29, 0.717) is 0 Å². The van der Waals surface area contributed by atoms with Gasteiger partial charge >= 0.3 is 13.3 Å². The molecule has 1 aromatic carbocycles. The van der Waals surface area contributed by atoms with E-state index in [1.165, 1.54) is 4.90 Å². The maximum absolute atomic E-state index is 12.3. The van der Waals surface area contributed by atoms with Gasteiger partial charge in [0.05, 0.1) is 12.7 Å². The molecule has 0 aliphatic rings. The molecular formula is C11H15BF3NO4. The van der Waals surface area contributed by atoms with Crippen LogP contribution in [0.25, 0.3) is 0 Å². The summed E-state index contributed by atoms with van der Waals surface area (Å²) >= 11 is 0. The molecule has 0 aliphatic heterocycles. The third kappa shape index (κ3) is 5.94. The van der Waals surface area contributed by atoms with Crippen LogP contribution in [0.5, 0.6) is 5.75 Å². The van der Waals surface area contributed by atoms with Crippen LogP contribution in [0.3, 0.4) is 0 Å². The van der Waals surface area contributed by atoms with Crippen molar-refractivity contribution < 1.29 is 32.8 Å². The average molecular weight is 293 g/mol. The molecule has 0 aromatic heterocycles. The molecule has 0 atom stereocenters. The fourth-order valence-electron chi connectivity index (χ4n) is 1.10. The van der Waals surface area contributed by atoms with Crippen molar-refractivity contribution in [2.45, 2.75) is 6.18 Å². The number of methoxy groups -OCH3 is 1. The van der Waals surface area contributed by atoms with Crippen LogP contribution in [0.15, 0.2) is 18.2 Å². The minimum atomic E-state index is -4.48. The van der Waals surface area contributed by atoms with Gasteiger partial charge in [0.2, 0.25) is 6.41 Å². The predicted octanol–water partition coefficient (Wildman–Crippen LogP) is 0.0982. The first kappa shape index (κ1) is 18.3. The summed E-state index contributed by atoms with van der Waals surface area (Å²) in [7, 11) is 2.67. The summed E-state index contributed by atoms with van der Waals surface area (Å²) in [4.78, 5) is 10.9. The van der Waals surface area contributed by atoms with Crippen LogP contribution in [0.2, 0.25) is 0 Å². The third-order valence-electron chi connectivity index (χ3n) is 2.05. The van der Waals surface area contributed by atoms with Crippen LogP contribution in [-0.2, 0) is 11.0 Å². The number of amides is 1. The Balaban J connectivity index is 0.000000621. The van der Waals surface area contributed by atoms with Gasteiger partial charge in [-0.05, 0) is 6.07 Å². The number of halogens is 3. The predicted molar refractivity (Wildman–Crippen MR) is 67.6 cm³/mol. The van der Waals surface area contributed by atoms with Crippen molar-refractivity contribution in [2.75, 3.05) is 21.2 Å². The number of ether oxygens (including phenoxy) is 1. The maximum atomic E-state index is 12.3. The van der Waals surface area contributed by atoms with E-state index in [9.17, 15) is 18.0 Å². The zero-order valence-corrected chi connectivity index (χ0v) is 11.2. The number of benzene rings is 1. The lowest BCUT2D eigenvalue weighted by Crippen LogP contribution is -2.31. The number of carbonyl (C=O) groups is 1. The quantitative estimate of drug-likeness (QED) is 0.612. The highest BCUT2D eigenvalue weighted by molar-refractivity contribution is 6.59. The summed E-state index contributed by atoms with van der Waals surface area (Å²) in [6.45, 7) is 0. The van der Waals surface area contributed by atoms with Gasteiger partial charge in [-0.3, -0.25) is 4.79 Å². The summed E-state index contributed by atoms with van der Waals surface area (Å²) in [6, 6.07) is 2.44. The fourth-order valence-corrected chi connectivity index (χ4v) is 1.10. The van der Waals surface area contributed by atoms with Crippen molar-refractivity contribution in [1.29, 1.82) is 0 Å². The van der Waals surface area contributed by atoms with Gasteiger partial charge in [0.25, 0.3) is 0 Å². The highest BCUT2D eigenvalue weighted by Crippen LogP contribution is 2.30. The van der Waals surface area contributed by atoms with Gasteiger partial charge in [0.15, 0.2) is 0 Å². The standard InChI is InChI=1S/C8H8BF3O3.C3H7NO/c1-15-7-4-5(8(10,11)12)2-3-6(7)9(13)14;1-4(2)3-5/h2-4,13-14H,1H3;3H,1-2H3. The number of alkyl halides is 3. The SMILES string of the molecule is CN(C)C=O.COc1cc(C(F)(F)F)ccc1B(O)O. The van der Waals surface area contributed by atoms with Crippen LogP contribution < -0.4 is 10.2 Å². The summed E-state index contributed by atoms with van der Waals surface area (Å²) < 4.78 is 41.4. The number of hydrogen-bond acceptors (Lipinski definition) is 4. The van der Waals surface area contributed by atoms with Crippen LogP contribution in [0.1, 0.15) is 5.56 Å². The van der Waals surface area contributed by atoms with E-state index in [1.807, 2.05) is 0 Å². The molecule has 20 heavy (non-hydrogen) atoms. The third-order valence-corrected chi connectivity index (χ3v) is 2.05. The molecule has 0 radical (unpaired) electrons. The second kappa shape index (κ2) is 7.76. The normalized spacial score (nSPS) is 10.2. The van der Waals surface area contributed by atoms with Gasteiger partial charge in [-0.25, -0.2) is 0 Å². The monoisotopic (exact) mass is 293 g/mol. The van der Waals surface area contributed by atoms with E-state index in [-0.39, 0.29) is 11.2 Å². The molecular weight excluding hydrogens is 278 g/mol. The summed E-state index contributed by atoms with van der Waals surface area (Å²) in [5, 5.41) is 17.6. The zero-order valence-electron chi connectivity index (χ0n) is 11.2. The van der Waals surface area contributed by atoms with Crippen molar-refractivity contribution in [3.8, 4) is 5.75 Å². The van der Waals surface area contributed by atoms with Crippen LogP contribution >= 0.6 is 0 Å². The van der Waals surface area contributed by atoms with E-state index in [2.05, 4.69) is 4.74 Å². The first-order chi connectivity index (χ1) is 9.13. The second-order valence-corrected chi connectivity index (χ2v) is 3.90. The van der Waals surface area contributed by atoms with Crippen molar-refractivity contribution in [1.82, 2.24) is 4.90 Å². The Kier molecular flexibility index (Phi) is 7.08. The lowest BCUT2D eigenvalue weighted by Gasteiger charge is -2.11. The molecule has 2 N–H and O–H groups in total. The summed E-state index contributed by atoms with van der Waals surface area (Å²) in [6.07, 6.45) is -3.73. The second-order valence-electron chi connectivity index (χ2n) is 3.90. The fraction of sp³-hybridized carbons (Fsp3) is 0.364. The molecule has 5 nitrogen and oxygen atoms in total. The Morgan fingerprint density at radius 2 is 1.80 bits per heavy atom. The Labute approximate surface area is 114 Å². The van der Waals surface area contributed by atoms with Crippen molar-refractivity contribution in [2.24, 2.45) is 0 Å². The lowest BCUT2D eigenvalue weighted by atomic mass is 9.79. The smallest absolute Gasteiger partial charge is 0.492 e. The molecule has 0 saturated heterocycles. The molecule has 1 aromatic rings. The number of carbonyl (C=O) groups excluding carboxylic acids is 1. The van der Waals surface area contributed by atoms with E-state index in [1.54, 1.807) is 14.1 Å². The van der Waals surface area contributed by atoms with Gasteiger partial charge in [-0.1, -0.05) is 12.1 Å². The first-order valence-electron chi connectivity index (χ1n) is 5.36. The summed E-state index contributed by atoms with van der Waals surface area (Å²) in [5.74, 6) is -0.208. The number of hydrogen-bond donors (Lipinski definition) is 2. The molecule has 9 heteroatoms. The molecule has 1 amide bonds. The molecule has 0 bridgehead atoms. The minimum absolute atomic E-state index is 0.106. The molecule has 0 unspecified atom stereocenters.